The number of carbonyl (C=O) groups is 1. The Labute approximate surface area is 124 Å². The highest BCUT2D eigenvalue weighted by Crippen LogP contribution is 2.19. The molecule has 0 aliphatic carbocycles. The Balaban J connectivity index is 2.31. The van der Waals surface area contributed by atoms with E-state index >= 15 is 0 Å². The lowest BCUT2D eigenvalue weighted by molar-refractivity contribution is -0.0390. The van der Waals surface area contributed by atoms with Gasteiger partial charge in [-0.1, -0.05) is 0 Å². The summed E-state index contributed by atoms with van der Waals surface area (Å²) in [6.07, 6.45) is 1.42. The lowest BCUT2D eigenvalue weighted by Gasteiger charge is -2.36. The number of aromatic nitrogens is 1. The summed E-state index contributed by atoms with van der Waals surface area (Å²) in [5, 5.41) is 0. The molecule has 118 valence electrons. The third kappa shape index (κ3) is 3.12. The summed E-state index contributed by atoms with van der Waals surface area (Å²) in [6.45, 7) is 4.81. The van der Waals surface area contributed by atoms with Gasteiger partial charge in [-0.05, 0) is 27.0 Å². The summed E-state index contributed by atoms with van der Waals surface area (Å²) in [4.78, 5) is 14.4. The molecular formula is C13H21N3O4S. The number of nitrogens with zero attached hydrogens (tertiary/aromatic N) is 2. The first-order valence-corrected chi connectivity index (χ1v) is 8.27. The first kappa shape index (κ1) is 16.0. The van der Waals surface area contributed by atoms with E-state index in [1.165, 1.54) is 19.3 Å². The largest absolute Gasteiger partial charge is 0.375 e. The van der Waals surface area contributed by atoms with E-state index in [0.29, 0.717) is 18.8 Å². The second-order valence-corrected chi connectivity index (χ2v) is 7.22. The van der Waals surface area contributed by atoms with Crippen molar-refractivity contribution in [1.29, 1.82) is 0 Å². The van der Waals surface area contributed by atoms with Gasteiger partial charge >= 0.3 is 0 Å². The molecule has 1 saturated heterocycles. The van der Waals surface area contributed by atoms with Gasteiger partial charge in [0.25, 0.3) is 5.91 Å². The van der Waals surface area contributed by atoms with Gasteiger partial charge in [0, 0.05) is 19.8 Å². The first-order valence-electron chi connectivity index (χ1n) is 6.78. The van der Waals surface area contributed by atoms with E-state index < -0.39 is 10.0 Å². The number of hydrogen-bond acceptors (Lipinski definition) is 4. The fourth-order valence-electron chi connectivity index (χ4n) is 2.35. The highest BCUT2D eigenvalue weighted by atomic mass is 32.2. The summed E-state index contributed by atoms with van der Waals surface area (Å²) < 4.78 is 32.9. The van der Waals surface area contributed by atoms with Crippen molar-refractivity contribution < 1.29 is 17.9 Å². The van der Waals surface area contributed by atoms with Crippen LogP contribution in [0, 0.1) is 0 Å². The molecule has 0 spiro atoms. The van der Waals surface area contributed by atoms with Crippen LogP contribution in [0.2, 0.25) is 0 Å². The molecular weight excluding hydrogens is 294 g/mol. The molecule has 0 radical (unpaired) electrons. The second-order valence-electron chi connectivity index (χ2n) is 5.33. The van der Waals surface area contributed by atoms with E-state index in [0.717, 1.165) is 0 Å². The molecule has 1 aromatic rings. The van der Waals surface area contributed by atoms with Crippen LogP contribution >= 0.6 is 0 Å². The van der Waals surface area contributed by atoms with Crippen molar-refractivity contribution in [3.8, 4) is 0 Å². The number of sulfonamides is 1. The molecule has 21 heavy (non-hydrogen) atoms. The van der Waals surface area contributed by atoms with Crippen molar-refractivity contribution >= 4 is 15.9 Å². The minimum atomic E-state index is -3.55. The molecule has 8 heteroatoms. The highest BCUT2D eigenvalue weighted by Gasteiger charge is 2.30. The van der Waals surface area contributed by atoms with Gasteiger partial charge in [0.05, 0.1) is 18.8 Å². The zero-order valence-corrected chi connectivity index (χ0v) is 13.5. The number of morpholine rings is 1. The Morgan fingerprint density at radius 3 is 2.71 bits per heavy atom. The molecule has 1 aliphatic rings. The maximum absolute atomic E-state index is 12.6. The van der Waals surface area contributed by atoms with Crippen molar-refractivity contribution in [3.05, 3.63) is 18.0 Å². The number of nitrogens with one attached hydrogen (secondary N) is 1. The number of rotatable bonds is 3. The topological polar surface area (TPSA) is 80.6 Å². The fraction of sp³-hybridized carbons (Fsp3) is 0.615. The van der Waals surface area contributed by atoms with Crippen molar-refractivity contribution in [3.63, 3.8) is 0 Å². The van der Waals surface area contributed by atoms with E-state index in [2.05, 4.69) is 4.72 Å². The molecule has 1 aromatic heterocycles. The summed E-state index contributed by atoms with van der Waals surface area (Å²) in [5.41, 5.74) is 0.352. The van der Waals surface area contributed by atoms with Gasteiger partial charge in [-0.15, -0.1) is 0 Å². The molecule has 0 saturated carbocycles. The zero-order valence-electron chi connectivity index (χ0n) is 12.7. The normalized spacial score (nSPS) is 23.3. The van der Waals surface area contributed by atoms with Crippen molar-refractivity contribution in [1.82, 2.24) is 14.2 Å². The Bertz CT molecular complexity index is 638. The van der Waals surface area contributed by atoms with E-state index in [-0.39, 0.29) is 22.9 Å². The summed E-state index contributed by atoms with van der Waals surface area (Å²) in [5.74, 6) is -0.183. The summed E-state index contributed by atoms with van der Waals surface area (Å²) in [7, 11) is -0.549. The van der Waals surface area contributed by atoms with Crippen LogP contribution in [0.3, 0.4) is 0 Å². The van der Waals surface area contributed by atoms with Crippen LogP contribution in [0.25, 0.3) is 0 Å². The van der Waals surface area contributed by atoms with Crippen LogP contribution in [0.4, 0.5) is 0 Å². The van der Waals surface area contributed by atoms with Gasteiger partial charge in [-0.2, -0.15) is 0 Å². The molecule has 1 fully saturated rings. The molecule has 1 amide bonds. The smallest absolute Gasteiger partial charge is 0.270 e. The van der Waals surface area contributed by atoms with Crippen LogP contribution in [0.1, 0.15) is 24.3 Å². The molecule has 2 rings (SSSR count). The average Bonchev–Trinajstić information content (AvgIpc) is 2.83. The number of aryl methyl sites for hydroxylation is 1. The van der Waals surface area contributed by atoms with Gasteiger partial charge in [-0.3, -0.25) is 4.79 Å². The lowest BCUT2D eigenvalue weighted by Crippen LogP contribution is -2.50. The number of carbonyl (C=O) groups excluding carboxylic acids is 1. The van der Waals surface area contributed by atoms with Crippen LogP contribution in [0.15, 0.2) is 17.2 Å². The molecule has 0 aromatic carbocycles. The third-order valence-corrected chi connectivity index (χ3v) is 5.03. The molecule has 1 N–H and O–H groups in total. The monoisotopic (exact) mass is 315 g/mol. The van der Waals surface area contributed by atoms with Gasteiger partial charge in [0.2, 0.25) is 10.0 Å². The fourth-order valence-corrected chi connectivity index (χ4v) is 3.14. The molecule has 0 unspecified atom stereocenters. The van der Waals surface area contributed by atoms with Crippen LogP contribution in [-0.2, 0) is 21.8 Å². The molecule has 7 nitrogen and oxygen atoms in total. The quantitative estimate of drug-likeness (QED) is 0.863. The summed E-state index contributed by atoms with van der Waals surface area (Å²) in [6, 6.07) is 1.37. The van der Waals surface area contributed by atoms with Crippen molar-refractivity contribution in [2.45, 2.75) is 30.9 Å². The Morgan fingerprint density at radius 2 is 2.10 bits per heavy atom. The number of hydrogen-bond donors (Lipinski definition) is 1. The predicted octanol–water partition coefficient (Wildman–Crippen LogP) is 0.183. The first-order chi connectivity index (χ1) is 9.76. The van der Waals surface area contributed by atoms with Crippen LogP contribution in [0.5, 0.6) is 0 Å². The van der Waals surface area contributed by atoms with E-state index in [9.17, 15) is 13.2 Å². The van der Waals surface area contributed by atoms with E-state index in [1.54, 1.807) is 16.5 Å². The standard InChI is InChI=1S/C13H21N3O4S/c1-9-8-20-10(2)6-16(9)13(17)12-5-11(7-15(12)4)21(18,19)14-3/h5,7,9-10,14H,6,8H2,1-4H3/t9-,10-/m0/s1. The highest BCUT2D eigenvalue weighted by molar-refractivity contribution is 7.89. The Hall–Kier alpha value is -1.38. The predicted molar refractivity (Wildman–Crippen MR) is 77.6 cm³/mol. The molecule has 2 atom stereocenters. The van der Waals surface area contributed by atoms with Crippen LogP contribution < -0.4 is 4.72 Å². The van der Waals surface area contributed by atoms with Gasteiger partial charge in [0.15, 0.2) is 0 Å². The van der Waals surface area contributed by atoms with Gasteiger partial charge in [0.1, 0.15) is 10.6 Å². The molecule has 0 bridgehead atoms. The maximum Gasteiger partial charge on any atom is 0.270 e. The Morgan fingerprint density at radius 1 is 1.43 bits per heavy atom. The lowest BCUT2D eigenvalue weighted by atomic mass is 10.2. The Kier molecular flexibility index (Phi) is 4.40. The van der Waals surface area contributed by atoms with Gasteiger partial charge < -0.3 is 14.2 Å². The SMILES string of the molecule is CNS(=O)(=O)c1cc(C(=O)N2C[C@H](C)OC[C@@H]2C)n(C)c1. The molecule has 1 aliphatic heterocycles. The van der Waals surface area contributed by atoms with Gasteiger partial charge in [-0.25, -0.2) is 13.1 Å². The van der Waals surface area contributed by atoms with Crippen molar-refractivity contribution in [2.24, 2.45) is 7.05 Å². The van der Waals surface area contributed by atoms with E-state index in [4.69, 9.17) is 4.74 Å². The summed E-state index contributed by atoms with van der Waals surface area (Å²) >= 11 is 0. The van der Waals surface area contributed by atoms with E-state index in [1.807, 2.05) is 13.8 Å². The number of ether oxygens (including phenoxy) is 1. The second kappa shape index (κ2) is 5.78. The average molecular weight is 315 g/mol. The third-order valence-electron chi connectivity index (χ3n) is 3.65. The zero-order chi connectivity index (χ0) is 15.8. The number of amides is 1. The maximum atomic E-state index is 12.6. The minimum absolute atomic E-state index is 0.0223. The van der Waals surface area contributed by atoms with Crippen LogP contribution in [-0.4, -0.2) is 56.1 Å². The molecule has 2 heterocycles. The van der Waals surface area contributed by atoms with Crippen molar-refractivity contribution in [2.75, 3.05) is 20.2 Å². The minimum Gasteiger partial charge on any atom is -0.375 e.